The van der Waals surface area contributed by atoms with Crippen LogP contribution in [0.5, 0.6) is 0 Å². The zero-order valence-corrected chi connectivity index (χ0v) is 14.2. The molecule has 1 unspecified atom stereocenters. The molecule has 0 aliphatic heterocycles. The van der Waals surface area contributed by atoms with Crippen LogP contribution in [0.25, 0.3) is 0 Å². The van der Waals surface area contributed by atoms with Crippen molar-refractivity contribution in [3.8, 4) is 6.07 Å². The molecule has 0 radical (unpaired) electrons. The summed E-state index contributed by atoms with van der Waals surface area (Å²) in [5, 5.41) is 9.74. The zero-order valence-electron chi connectivity index (χ0n) is 14.2. The van der Waals surface area contributed by atoms with Crippen molar-refractivity contribution in [3.05, 3.63) is 0 Å². The predicted molar refractivity (Wildman–Crippen MR) is 84.1 cm³/mol. The minimum Gasteiger partial charge on any atom is -0.468 e. The Hall–Kier alpha value is -1.57. The van der Waals surface area contributed by atoms with Gasteiger partial charge in [0.15, 0.2) is 5.92 Å². The van der Waals surface area contributed by atoms with Crippen molar-refractivity contribution in [2.24, 2.45) is 23.2 Å². The summed E-state index contributed by atoms with van der Waals surface area (Å²) < 4.78 is 10.3. The molecule has 0 N–H and O–H groups in total. The fourth-order valence-electron chi connectivity index (χ4n) is 4.79. The summed E-state index contributed by atoms with van der Waals surface area (Å²) in [4.78, 5) is 25.4. The van der Waals surface area contributed by atoms with Gasteiger partial charge in [-0.25, -0.2) is 0 Å². The Balaban J connectivity index is 2.54. The van der Waals surface area contributed by atoms with E-state index < -0.39 is 17.3 Å². The Labute approximate surface area is 138 Å². The second-order valence-electron chi connectivity index (χ2n) is 6.70. The highest BCUT2D eigenvalue weighted by atomic mass is 16.5. The second kappa shape index (κ2) is 7.81. The normalized spacial score (nSPS) is 20.9. The van der Waals surface area contributed by atoms with Crippen LogP contribution in [0.1, 0.15) is 58.3 Å². The van der Waals surface area contributed by atoms with Crippen molar-refractivity contribution in [3.63, 3.8) is 0 Å². The molecule has 0 saturated heterocycles. The summed E-state index contributed by atoms with van der Waals surface area (Å²) in [6.45, 7) is 2.03. The maximum absolute atomic E-state index is 13.1. The summed E-state index contributed by atoms with van der Waals surface area (Å²) in [7, 11) is 1.28. The minimum absolute atomic E-state index is 0.0356. The van der Waals surface area contributed by atoms with E-state index in [0.29, 0.717) is 0 Å². The van der Waals surface area contributed by atoms with Gasteiger partial charge in [0.1, 0.15) is 5.41 Å². The van der Waals surface area contributed by atoms with Crippen LogP contribution >= 0.6 is 0 Å². The van der Waals surface area contributed by atoms with Crippen LogP contribution in [-0.2, 0) is 19.1 Å². The molecule has 5 nitrogen and oxygen atoms in total. The number of methoxy groups -OCH3 is 1. The third-order valence-corrected chi connectivity index (χ3v) is 5.73. The van der Waals surface area contributed by atoms with Gasteiger partial charge in [-0.2, -0.15) is 5.26 Å². The maximum Gasteiger partial charge on any atom is 0.324 e. The van der Waals surface area contributed by atoms with Gasteiger partial charge in [-0.15, -0.1) is 0 Å². The molecule has 0 spiro atoms. The monoisotopic (exact) mass is 321 g/mol. The van der Waals surface area contributed by atoms with E-state index >= 15 is 0 Å². The van der Waals surface area contributed by atoms with Crippen LogP contribution in [0.4, 0.5) is 0 Å². The maximum atomic E-state index is 13.1. The average molecular weight is 321 g/mol. The molecular weight excluding hydrogens is 294 g/mol. The molecule has 2 rings (SSSR count). The molecule has 5 heteroatoms. The molecule has 0 heterocycles. The Kier molecular flexibility index (Phi) is 6.04. The fraction of sp³-hybridized carbons (Fsp3) is 0.833. The molecule has 0 aromatic carbocycles. The number of carbonyl (C=O) groups is 2. The zero-order chi connectivity index (χ0) is 16.9. The number of nitrogens with zero attached hydrogens (tertiary/aromatic N) is 1. The molecule has 0 bridgehead atoms. The quantitative estimate of drug-likeness (QED) is 0.702. The lowest BCUT2D eigenvalue weighted by Crippen LogP contribution is -2.52. The SMILES string of the molecule is CCOC(=O)C(C1CCCC1)(C1CCCC1)C(C#N)C(=O)OC. The summed E-state index contributed by atoms with van der Waals surface area (Å²) in [5.74, 6) is -1.96. The number of rotatable bonds is 6. The van der Waals surface area contributed by atoms with Gasteiger partial charge < -0.3 is 9.47 Å². The van der Waals surface area contributed by atoms with Gasteiger partial charge >= 0.3 is 11.9 Å². The molecular formula is C18H27NO4. The summed E-state index contributed by atoms with van der Waals surface area (Å²) in [6, 6.07) is 2.11. The van der Waals surface area contributed by atoms with Crippen molar-refractivity contribution >= 4 is 11.9 Å². The summed E-state index contributed by atoms with van der Waals surface area (Å²) in [5.41, 5.74) is -1.04. The summed E-state index contributed by atoms with van der Waals surface area (Å²) in [6.07, 6.45) is 7.68. The van der Waals surface area contributed by atoms with E-state index in [1.807, 2.05) is 0 Å². The molecule has 1 atom stereocenters. The average Bonchev–Trinajstić information content (AvgIpc) is 3.25. The Morgan fingerprint density at radius 2 is 1.61 bits per heavy atom. The van der Waals surface area contributed by atoms with Crippen molar-refractivity contribution < 1.29 is 19.1 Å². The van der Waals surface area contributed by atoms with Crippen LogP contribution in [0.15, 0.2) is 0 Å². The first-order valence-corrected chi connectivity index (χ1v) is 8.77. The van der Waals surface area contributed by atoms with Crippen molar-refractivity contribution in [2.75, 3.05) is 13.7 Å². The molecule has 128 valence electrons. The van der Waals surface area contributed by atoms with Crippen molar-refractivity contribution in [2.45, 2.75) is 58.3 Å². The standard InChI is InChI=1S/C18H27NO4/c1-3-23-17(21)18(13-8-4-5-9-13,14-10-6-7-11-14)15(12-19)16(20)22-2/h13-15H,3-11H2,1-2H3. The van der Waals surface area contributed by atoms with Crippen molar-refractivity contribution in [1.82, 2.24) is 0 Å². The predicted octanol–water partition coefficient (Wildman–Crippen LogP) is 3.23. The van der Waals surface area contributed by atoms with Crippen molar-refractivity contribution in [1.29, 1.82) is 5.26 Å². The first-order valence-electron chi connectivity index (χ1n) is 8.77. The Bertz CT molecular complexity index is 454. The number of carbonyl (C=O) groups excluding carboxylic acids is 2. The number of esters is 2. The molecule has 2 aliphatic rings. The van der Waals surface area contributed by atoms with Crippen LogP contribution in [0.3, 0.4) is 0 Å². The lowest BCUT2D eigenvalue weighted by Gasteiger charge is -2.43. The molecule has 23 heavy (non-hydrogen) atoms. The molecule has 0 aromatic rings. The fourth-order valence-corrected chi connectivity index (χ4v) is 4.79. The van der Waals surface area contributed by atoms with E-state index in [9.17, 15) is 14.9 Å². The Morgan fingerprint density at radius 3 is 1.96 bits per heavy atom. The van der Waals surface area contributed by atoms with E-state index in [1.165, 1.54) is 7.11 Å². The number of hydrogen-bond donors (Lipinski definition) is 0. The van der Waals surface area contributed by atoms with E-state index in [4.69, 9.17) is 9.47 Å². The van der Waals surface area contributed by atoms with Crippen LogP contribution < -0.4 is 0 Å². The van der Waals surface area contributed by atoms with E-state index in [1.54, 1.807) is 6.92 Å². The van der Waals surface area contributed by atoms with Gasteiger partial charge in [0, 0.05) is 0 Å². The van der Waals surface area contributed by atoms with Crippen LogP contribution in [0, 0.1) is 34.5 Å². The van der Waals surface area contributed by atoms with Gasteiger partial charge in [-0.1, -0.05) is 25.7 Å². The minimum atomic E-state index is -1.07. The Morgan fingerprint density at radius 1 is 1.13 bits per heavy atom. The van der Waals surface area contributed by atoms with E-state index in [2.05, 4.69) is 6.07 Å². The van der Waals surface area contributed by atoms with Gasteiger partial charge in [0.2, 0.25) is 0 Å². The number of ether oxygens (including phenoxy) is 2. The van der Waals surface area contributed by atoms with E-state index in [0.717, 1.165) is 51.4 Å². The largest absolute Gasteiger partial charge is 0.468 e. The third-order valence-electron chi connectivity index (χ3n) is 5.73. The van der Waals surface area contributed by atoms with Gasteiger partial charge in [0.25, 0.3) is 0 Å². The lowest BCUT2D eigenvalue weighted by atomic mass is 9.58. The summed E-state index contributed by atoms with van der Waals surface area (Å²) >= 11 is 0. The highest BCUT2D eigenvalue weighted by Gasteiger charge is 2.61. The molecule has 2 aliphatic carbocycles. The molecule has 2 fully saturated rings. The van der Waals surface area contributed by atoms with Crippen LogP contribution in [0.2, 0.25) is 0 Å². The first kappa shape index (κ1) is 17.8. The highest BCUT2D eigenvalue weighted by molar-refractivity contribution is 5.88. The van der Waals surface area contributed by atoms with Gasteiger partial charge in [-0.3, -0.25) is 9.59 Å². The third kappa shape index (κ3) is 3.08. The lowest BCUT2D eigenvalue weighted by molar-refractivity contribution is -0.176. The van der Waals surface area contributed by atoms with E-state index in [-0.39, 0.29) is 24.4 Å². The number of hydrogen-bond acceptors (Lipinski definition) is 5. The van der Waals surface area contributed by atoms with Gasteiger partial charge in [0.05, 0.1) is 19.8 Å². The van der Waals surface area contributed by atoms with Gasteiger partial charge in [-0.05, 0) is 44.4 Å². The topological polar surface area (TPSA) is 76.4 Å². The number of nitriles is 1. The second-order valence-corrected chi connectivity index (χ2v) is 6.70. The molecule has 0 aromatic heterocycles. The molecule has 0 amide bonds. The molecule has 2 saturated carbocycles. The highest BCUT2D eigenvalue weighted by Crippen LogP contribution is 2.55. The first-order chi connectivity index (χ1) is 11.1. The van der Waals surface area contributed by atoms with Crippen LogP contribution in [-0.4, -0.2) is 25.7 Å². The smallest absolute Gasteiger partial charge is 0.324 e.